The van der Waals surface area contributed by atoms with Crippen LogP contribution in [0.4, 0.5) is 0 Å². The SMILES string of the molecule is OC(CNCC1CC1)COCc1ccco1. The van der Waals surface area contributed by atoms with Crippen molar-refractivity contribution in [2.45, 2.75) is 25.6 Å². The van der Waals surface area contributed by atoms with E-state index >= 15 is 0 Å². The summed E-state index contributed by atoms with van der Waals surface area (Å²) in [5.74, 6) is 1.63. The second-order valence-electron chi connectivity index (χ2n) is 4.35. The highest BCUT2D eigenvalue weighted by molar-refractivity contribution is 4.96. The van der Waals surface area contributed by atoms with Gasteiger partial charge in [0.25, 0.3) is 0 Å². The first-order chi connectivity index (χ1) is 7.84. The molecular weight excluding hydrogens is 206 g/mol. The minimum atomic E-state index is -0.436. The van der Waals surface area contributed by atoms with Gasteiger partial charge in [-0.2, -0.15) is 0 Å². The van der Waals surface area contributed by atoms with Crippen LogP contribution in [-0.4, -0.2) is 30.9 Å². The number of rotatable bonds is 8. The van der Waals surface area contributed by atoms with Crippen LogP contribution in [0.15, 0.2) is 22.8 Å². The molecule has 1 aromatic rings. The number of hydrogen-bond acceptors (Lipinski definition) is 4. The Morgan fingerprint density at radius 3 is 3.12 bits per heavy atom. The summed E-state index contributed by atoms with van der Waals surface area (Å²) in [4.78, 5) is 0. The number of aliphatic hydroxyl groups is 1. The lowest BCUT2D eigenvalue weighted by molar-refractivity contribution is 0.0227. The molecule has 1 aromatic heterocycles. The van der Waals surface area contributed by atoms with E-state index in [1.54, 1.807) is 6.26 Å². The second-order valence-corrected chi connectivity index (χ2v) is 4.35. The van der Waals surface area contributed by atoms with E-state index in [2.05, 4.69) is 5.32 Å². The van der Waals surface area contributed by atoms with E-state index in [0.29, 0.717) is 19.8 Å². The van der Waals surface area contributed by atoms with Crippen LogP contribution in [0, 0.1) is 5.92 Å². The molecule has 0 saturated heterocycles. The Bertz CT molecular complexity index is 282. The van der Waals surface area contributed by atoms with E-state index in [4.69, 9.17) is 9.15 Å². The first kappa shape index (κ1) is 11.6. The van der Waals surface area contributed by atoms with Crippen molar-refractivity contribution >= 4 is 0 Å². The molecule has 1 heterocycles. The van der Waals surface area contributed by atoms with Crippen LogP contribution in [0.25, 0.3) is 0 Å². The maximum absolute atomic E-state index is 9.59. The summed E-state index contributed by atoms with van der Waals surface area (Å²) in [6, 6.07) is 3.68. The van der Waals surface area contributed by atoms with E-state index in [1.807, 2.05) is 12.1 Å². The molecule has 4 nitrogen and oxygen atoms in total. The summed E-state index contributed by atoms with van der Waals surface area (Å²) in [5.41, 5.74) is 0. The average molecular weight is 225 g/mol. The molecule has 1 atom stereocenters. The van der Waals surface area contributed by atoms with Crippen molar-refractivity contribution in [1.82, 2.24) is 5.32 Å². The van der Waals surface area contributed by atoms with Gasteiger partial charge >= 0.3 is 0 Å². The van der Waals surface area contributed by atoms with E-state index in [9.17, 15) is 5.11 Å². The minimum absolute atomic E-state index is 0.346. The third-order valence-corrected chi connectivity index (χ3v) is 2.64. The molecule has 4 heteroatoms. The van der Waals surface area contributed by atoms with E-state index in [-0.39, 0.29) is 0 Å². The van der Waals surface area contributed by atoms with Crippen LogP contribution in [0.2, 0.25) is 0 Å². The summed E-state index contributed by atoms with van der Waals surface area (Å²) in [7, 11) is 0. The molecule has 0 aromatic carbocycles. The zero-order chi connectivity index (χ0) is 11.2. The fourth-order valence-corrected chi connectivity index (χ4v) is 1.53. The Labute approximate surface area is 95.6 Å². The Hall–Kier alpha value is -0.840. The van der Waals surface area contributed by atoms with Gasteiger partial charge in [-0.05, 0) is 37.4 Å². The average Bonchev–Trinajstić information content (AvgIpc) is 2.94. The first-order valence-corrected chi connectivity index (χ1v) is 5.83. The van der Waals surface area contributed by atoms with Gasteiger partial charge in [-0.1, -0.05) is 0 Å². The number of nitrogens with one attached hydrogen (secondary N) is 1. The van der Waals surface area contributed by atoms with Gasteiger partial charge in [0.2, 0.25) is 0 Å². The summed E-state index contributed by atoms with van der Waals surface area (Å²) >= 11 is 0. The van der Waals surface area contributed by atoms with Gasteiger partial charge in [-0.15, -0.1) is 0 Å². The monoisotopic (exact) mass is 225 g/mol. The van der Waals surface area contributed by atoms with Crippen LogP contribution in [0.3, 0.4) is 0 Å². The molecule has 1 aliphatic rings. The van der Waals surface area contributed by atoms with Gasteiger partial charge in [0, 0.05) is 6.54 Å². The molecule has 1 saturated carbocycles. The zero-order valence-electron chi connectivity index (χ0n) is 9.39. The largest absolute Gasteiger partial charge is 0.467 e. The maximum Gasteiger partial charge on any atom is 0.129 e. The van der Waals surface area contributed by atoms with E-state index in [0.717, 1.165) is 18.2 Å². The zero-order valence-corrected chi connectivity index (χ0v) is 9.39. The molecular formula is C12H19NO3. The lowest BCUT2D eigenvalue weighted by Gasteiger charge is -2.11. The molecule has 1 fully saturated rings. The van der Waals surface area contributed by atoms with Gasteiger partial charge in [0.1, 0.15) is 12.4 Å². The molecule has 2 N–H and O–H groups in total. The van der Waals surface area contributed by atoms with Crippen molar-refractivity contribution in [2.24, 2.45) is 5.92 Å². The van der Waals surface area contributed by atoms with E-state index in [1.165, 1.54) is 12.8 Å². The summed E-state index contributed by atoms with van der Waals surface area (Å²) in [6.07, 6.45) is 3.84. The fraction of sp³-hybridized carbons (Fsp3) is 0.667. The highest BCUT2D eigenvalue weighted by Gasteiger charge is 2.20. The van der Waals surface area contributed by atoms with Crippen LogP contribution in [0.5, 0.6) is 0 Å². The van der Waals surface area contributed by atoms with Crippen molar-refractivity contribution in [3.8, 4) is 0 Å². The first-order valence-electron chi connectivity index (χ1n) is 5.83. The third kappa shape index (κ3) is 4.35. The van der Waals surface area contributed by atoms with Gasteiger partial charge in [-0.25, -0.2) is 0 Å². The fourth-order valence-electron chi connectivity index (χ4n) is 1.53. The van der Waals surface area contributed by atoms with Crippen LogP contribution in [-0.2, 0) is 11.3 Å². The van der Waals surface area contributed by atoms with Crippen molar-refractivity contribution in [3.63, 3.8) is 0 Å². The van der Waals surface area contributed by atoms with Gasteiger partial charge in [0.15, 0.2) is 0 Å². The smallest absolute Gasteiger partial charge is 0.129 e. The lowest BCUT2D eigenvalue weighted by Crippen LogP contribution is -2.31. The molecule has 90 valence electrons. The van der Waals surface area contributed by atoms with Crippen molar-refractivity contribution < 1.29 is 14.3 Å². The summed E-state index contributed by atoms with van der Waals surface area (Å²) in [5, 5.41) is 12.8. The van der Waals surface area contributed by atoms with Crippen molar-refractivity contribution in [3.05, 3.63) is 24.2 Å². The van der Waals surface area contributed by atoms with Crippen LogP contribution < -0.4 is 5.32 Å². The normalized spacial score (nSPS) is 17.6. The predicted molar refractivity (Wildman–Crippen MR) is 60.0 cm³/mol. The molecule has 0 bridgehead atoms. The quantitative estimate of drug-likeness (QED) is 0.697. The molecule has 1 aliphatic carbocycles. The second kappa shape index (κ2) is 6.03. The number of aliphatic hydroxyl groups excluding tert-OH is 1. The molecule has 2 rings (SSSR count). The summed E-state index contributed by atoms with van der Waals surface area (Å²) < 4.78 is 10.4. The standard InChI is InChI=1S/C12H19NO3/c14-11(7-13-6-10-3-4-10)8-15-9-12-2-1-5-16-12/h1-2,5,10-11,13-14H,3-4,6-9H2. The van der Waals surface area contributed by atoms with Crippen LogP contribution >= 0.6 is 0 Å². The van der Waals surface area contributed by atoms with E-state index < -0.39 is 6.10 Å². The lowest BCUT2D eigenvalue weighted by atomic mass is 10.3. The Morgan fingerprint density at radius 1 is 1.56 bits per heavy atom. The Balaban J connectivity index is 1.48. The van der Waals surface area contributed by atoms with Gasteiger partial charge in [-0.3, -0.25) is 0 Å². The van der Waals surface area contributed by atoms with Crippen molar-refractivity contribution in [2.75, 3.05) is 19.7 Å². The Kier molecular flexibility index (Phi) is 4.39. The number of ether oxygens (including phenoxy) is 1. The molecule has 0 amide bonds. The third-order valence-electron chi connectivity index (χ3n) is 2.64. The molecule has 0 radical (unpaired) electrons. The van der Waals surface area contributed by atoms with Gasteiger partial charge < -0.3 is 19.6 Å². The highest BCUT2D eigenvalue weighted by atomic mass is 16.5. The predicted octanol–water partition coefficient (Wildman–Crippen LogP) is 1.16. The maximum atomic E-state index is 9.59. The molecule has 1 unspecified atom stereocenters. The van der Waals surface area contributed by atoms with Crippen molar-refractivity contribution in [1.29, 1.82) is 0 Å². The molecule has 0 spiro atoms. The van der Waals surface area contributed by atoms with Crippen LogP contribution in [0.1, 0.15) is 18.6 Å². The topological polar surface area (TPSA) is 54.6 Å². The minimum Gasteiger partial charge on any atom is -0.467 e. The number of hydrogen-bond donors (Lipinski definition) is 2. The summed E-state index contributed by atoms with van der Waals surface area (Å²) in [6.45, 7) is 2.40. The molecule has 0 aliphatic heterocycles. The molecule has 16 heavy (non-hydrogen) atoms. The Morgan fingerprint density at radius 2 is 2.44 bits per heavy atom. The van der Waals surface area contributed by atoms with Gasteiger partial charge in [0.05, 0.1) is 19.0 Å². The number of furan rings is 1. The highest BCUT2D eigenvalue weighted by Crippen LogP contribution is 2.27.